The average molecular weight is 486 g/mol. The summed E-state index contributed by atoms with van der Waals surface area (Å²) < 4.78 is 4.64. The molecule has 1 aliphatic rings. The van der Waals surface area contributed by atoms with E-state index in [-0.39, 0.29) is 0 Å². The Balaban J connectivity index is 1.98. The molecule has 1 fully saturated rings. The number of benzene rings is 2. The summed E-state index contributed by atoms with van der Waals surface area (Å²) in [6, 6.07) is 14.2. The number of hydrogen-bond donors (Lipinski definition) is 1. The molecule has 0 bridgehead atoms. The van der Waals surface area contributed by atoms with Crippen LogP contribution < -0.4 is 9.88 Å². The van der Waals surface area contributed by atoms with Gasteiger partial charge in [0.2, 0.25) is 0 Å². The van der Waals surface area contributed by atoms with Crippen LogP contribution in [0.1, 0.15) is 133 Å². The lowest BCUT2D eigenvalue weighted by Crippen LogP contribution is -2.32. The minimum atomic E-state index is 0.430. The fourth-order valence-corrected chi connectivity index (χ4v) is 5.77. The topological polar surface area (TPSA) is 20.8 Å². The van der Waals surface area contributed by atoms with Crippen molar-refractivity contribution in [3.63, 3.8) is 0 Å². The van der Waals surface area contributed by atoms with Crippen LogP contribution in [0, 0.1) is 6.33 Å². The molecular weight excluding hydrogens is 438 g/mol. The Hall–Kier alpha value is -2.55. The van der Waals surface area contributed by atoms with Crippen molar-refractivity contribution in [2.24, 2.45) is 0 Å². The van der Waals surface area contributed by atoms with Gasteiger partial charge < -0.3 is 5.32 Å². The summed E-state index contributed by atoms with van der Waals surface area (Å²) in [6.45, 7) is 18.4. The Morgan fingerprint density at radius 1 is 0.722 bits per heavy atom. The summed E-state index contributed by atoms with van der Waals surface area (Å²) in [5, 5.41) is 3.98. The molecule has 0 unspecified atom stereocenters. The molecule has 0 amide bonds. The second kappa shape index (κ2) is 11.2. The van der Waals surface area contributed by atoms with Crippen LogP contribution in [0.2, 0.25) is 0 Å². The maximum Gasteiger partial charge on any atom is 0.270 e. The highest BCUT2D eigenvalue weighted by Gasteiger charge is 2.24. The largest absolute Gasteiger partial charge is 0.385 e. The van der Waals surface area contributed by atoms with Gasteiger partial charge in [-0.25, -0.2) is 0 Å². The molecule has 0 aliphatic heterocycles. The lowest BCUT2D eigenvalue weighted by Gasteiger charge is -2.26. The zero-order chi connectivity index (χ0) is 26.0. The van der Waals surface area contributed by atoms with E-state index < -0.39 is 0 Å². The van der Waals surface area contributed by atoms with Gasteiger partial charge in [0.05, 0.1) is 17.6 Å². The molecule has 3 heteroatoms. The standard InChI is InChI=1S/C33H47N3/c1-22(2)27-16-12-17-28(23(3)4)32(27)35-20-31(34-26-14-10-9-11-15-26)36(21-35)33-29(24(5)6)18-13-19-30(33)25(7)8/h12-13,16-20,22-26,34H,9-11,14-15H2,1-8H3. The number of hydrogen-bond acceptors (Lipinski definition) is 1. The summed E-state index contributed by atoms with van der Waals surface area (Å²) >= 11 is 0. The van der Waals surface area contributed by atoms with Crippen molar-refractivity contribution < 1.29 is 4.57 Å². The Kier molecular flexibility index (Phi) is 8.27. The van der Waals surface area contributed by atoms with Gasteiger partial charge in [-0.15, -0.1) is 0 Å². The monoisotopic (exact) mass is 485 g/mol. The Bertz CT molecular complexity index is 1110. The first-order valence-electron chi connectivity index (χ1n) is 14.3. The van der Waals surface area contributed by atoms with Gasteiger partial charge in [-0.2, -0.15) is 0 Å². The second-order valence-corrected chi connectivity index (χ2v) is 12.0. The first-order chi connectivity index (χ1) is 17.2. The van der Waals surface area contributed by atoms with Crippen LogP contribution in [0.4, 0.5) is 5.82 Å². The van der Waals surface area contributed by atoms with Crippen molar-refractivity contribution in [2.45, 2.75) is 117 Å². The number of anilines is 1. The Morgan fingerprint density at radius 3 is 1.67 bits per heavy atom. The molecule has 1 aliphatic carbocycles. The second-order valence-electron chi connectivity index (χ2n) is 12.0. The molecule has 1 saturated carbocycles. The third kappa shape index (κ3) is 5.41. The van der Waals surface area contributed by atoms with Crippen molar-refractivity contribution in [1.29, 1.82) is 0 Å². The third-order valence-corrected chi connectivity index (χ3v) is 7.81. The molecule has 0 spiro atoms. The van der Waals surface area contributed by atoms with E-state index >= 15 is 0 Å². The van der Waals surface area contributed by atoms with E-state index in [4.69, 9.17) is 0 Å². The molecular formula is C33H47N3. The predicted octanol–water partition coefficient (Wildman–Crippen LogP) is 8.79. The Labute approximate surface area is 220 Å². The lowest BCUT2D eigenvalue weighted by atomic mass is 9.92. The zero-order valence-corrected chi connectivity index (χ0v) is 23.9. The van der Waals surface area contributed by atoms with Crippen molar-refractivity contribution in [1.82, 2.24) is 4.57 Å². The highest BCUT2D eigenvalue weighted by molar-refractivity contribution is 5.56. The van der Waals surface area contributed by atoms with E-state index in [9.17, 15) is 0 Å². The predicted molar refractivity (Wildman–Crippen MR) is 153 cm³/mol. The van der Waals surface area contributed by atoms with Gasteiger partial charge in [-0.3, -0.25) is 9.13 Å². The molecule has 1 aromatic heterocycles. The maximum absolute atomic E-state index is 3.98. The van der Waals surface area contributed by atoms with Gasteiger partial charge >= 0.3 is 0 Å². The van der Waals surface area contributed by atoms with Crippen molar-refractivity contribution in [3.8, 4) is 11.4 Å². The summed E-state index contributed by atoms with van der Waals surface area (Å²) in [5.74, 6) is 2.89. The molecule has 0 saturated heterocycles. The quantitative estimate of drug-likeness (QED) is 0.250. The summed E-state index contributed by atoms with van der Waals surface area (Å²) in [7, 11) is 0. The molecule has 194 valence electrons. The number of rotatable bonds is 8. The lowest BCUT2D eigenvalue weighted by molar-refractivity contribution is -0.600. The first-order valence-corrected chi connectivity index (χ1v) is 14.3. The van der Waals surface area contributed by atoms with Gasteiger partial charge in [-0.1, -0.05) is 111 Å². The van der Waals surface area contributed by atoms with Crippen molar-refractivity contribution >= 4 is 5.82 Å². The van der Waals surface area contributed by atoms with Crippen molar-refractivity contribution in [3.05, 3.63) is 71.2 Å². The molecule has 1 heterocycles. The van der Waals surface area contributed by atoms with Gasteiger partial charge in [0.25, 0.3) is 6.33 Å². The number of nitrogens with zero attached hydrogens (tertiary/aromatic N) is 2. The minimum absolute atomic E-state index is 0.430. The van der Waals surface area contributed by atoms with Gasteiger partial charge in [0, 0.05) is 6.04 Å². The summed E-state index contributed by atoms with van der Waals surface area (Å²) in [6.07, 6.45) is 12.6. The van der Waals surface area contributed by atoms with E-state index in [0.717, 1.165) is 5.82 Å². The third-order valence-electron chi connectivity index (χ3n) is 7.81. The smallest absolute Gasteiger partial charge is 0.270 e. The minimum Gasteiger partial charge on any atom is -0.385 e. The average Bonchev–Trinajstić information content (AvgIpc) is 3.26. The maximum atomic E-state index is 3.98. The molecule has 3 nitrogen and oxygen atoms in total. The molecule has 1 N–H and O–H groups in total. The van der Waals surface area contributed by atoms with Crippen LogP contribution in [-0.2, 0) is 0 Å². The van der Waals surface area contributed by atoms with E-state index in [1.165, 1.54) is 65.7 Å². The Morgan fingerprint density at radius 2 is 1.19 bits per heavy atom. The molecule has 0 atom stereocenters. The van der Waals surface area contributed by atoms with Gasteiger partial charge in [0.1, 0.15) is 5.82 Å². The van der Waals surface area contributed by atoms with Crippen LogP contribution in [0.15, 0.2) is 42.6 Å². The van der Waals surface area contributed by atoms with Crippen molar-refractivity contribution in [2.75, 3.05) is 5.32 Å². The molecule has 4 rings (SSSR count). The highest BCUT2D eigenvalue weighted by Crippen LogP contribution is 2.35. The number of nitrogens with one attached hydrogen (secondary N) is 1. The van der Waals surface area contributed by atoms with Crippen LogP contribution in [-0.4, -0.2) is 10.6 Å². The number of imidazole rings is 1. The SMILES string of the molecule is CC(C)c1cccc(C(C)C)c1-n1[c-][n+](-c2c(C(C)C)cccc2C(C)C)cc1NC1CCCCC1. The normalized spacial score (nSPS) is 15.0. The van der Waals surface area contributed by atoms with Crippen LogP contribution in [0.25, 0.3) is 11.4 Å². The molecule has 2 aromatic carbocycles. The van der Waals surface area contributed by atoms with Crippen LogP contribution >= 0.6 is 0 Å². The fraction of sp³-hybridized carbons (Fsp3) is 0.545. The highest BCUT2D eigenvalue weighted by atomic mass is 15.2. The van der Waals surface area contributed by atoms with Crippen LogP contribution in [0.5, 0.6) is 0 Å². The molecule has 36 heavy (non-hydrogen) atoms. The fourth-order valence-electron chi connectivity index (χ4n) is 5.77. The van der Waals surface area contributed by atoms with Gasteiger partial charge in [-0.05, 0) is 58.8 Å². The van der Waals surface area contributed by atoms with E-state index in [2.05, 4.69) is 119 Å². The van der Waals surface area contributed by atoms with Gasteiger partial charge in [0.15, 0.2) is 0 Å². The van der Waals surface area contributed by atoms with E-state index in [0.29, 0.717) is 29.7 Å². The molecule has 3 aromatic rings. The first kappa shape index (κ1) is 26.5. The van der Waals surface area contributed by atoms with E-state index in [1.807, 2.05) is 0 Å². The molecule has 0 radical (unpaired) electrons. The zero-order valence-electron chi connectivity index (χ0n) is 23.9. The summed E-state index contributed by atoms with van der Waals surface area (Å²) in [4.78, 5) is 0. The van der Waals surface area contributed by atoms with E-state index in [1.54, 1.807) is 0 Å². The summed E-state index contributed by atoms with van der Waals surface area (Å²) in [5.41, 5.74) is 8.12. The van der Waals surface area contributed by atoms with Crippen LogP contribution in [0.3, 0.4) is 0 Å². The number of aromatic nitrogens is 2. The number of para-hydroxylation sites is 2.